The van der Waals surface area contributed by atoms with Crippen LogP contribution in [0.5, 0.6) is 0 Å². The average molecular weight is 402 g/mol. The number of nitro groups is 2. The third-order valence-electron chi connectivity index (χ3n) is 3.53. The number of non-ortho nitro benzene ring substituents is 1. The molecule has 1 aliphatic rings. The second-order valence-electron chi connectivity index (χ2n) is 5.25. The SMILES string of the molecule is O=C1/C(=C\c2ccc([N+](=O)[O-])cc2)SC(=S)N1Nc1ccccc1[N+](=O)[O-]. The van der Waals surface area contributed by atoms with Crippen LogP contribution in [0.4, 0.5) is 17.1 Å². The molecule has 1 N–H and O–H groups in total. The molecule has 0 atom stereocenters. The van der Waals surface area contributed by atoms with Gasteiger partial charge in [-0.15, -0.1) is 0 Å². The van der Waals surface area contributed by atoms with Crippen molar-refractivity contribution in [3.8, 4) is 0 Å². The van der Waals surface area contributed by atoms with Gasteiger partial charge in [-0.25, -0.2) is 5.01 Å². The van der Waals surface area contributed by atoms with Crippen molar-refractivity contribution in [1.29, 1.82) is 0 Å². The van der Waals surface area contributed by atoms with Crippen molar-refractivity contribution in [2.24, 2.45) is 0 Å². The molecule has 1 heterocycles. The molecule has 2 aromatic carbocycles. The topological polar surface area (TPSA) is 119 Å². The van der Waals surface area contributed by atoms with Crippen molar-refractivity contribution < 1.29 is 14.6 Å². The second-order valence-corrected chi connectivity index (χ2v) is 6.93. The van der Waals surface area contributed by atoms with Crippen molar-refractivity contribution in [3.05, 3.63) is 79.2 Å². The van der Waals surface area contributed by atoms with Crippen LogP contribution in [-0.2, 0) is 4.79 Å². The van der Waals surface area contributed by atoms with Gasteiger partial charge in [0.1, 0.15) is 5.69 Å². The van der Waals surface area contributed by atoms with Gasteiger partial charge in [0.05, 0.1) is 14.8 Å². The summed E-state index contributed by atoms with van der Waals surface area (Å²) in [6.45, 7) is 0. The monoisotopic (exact) mass is 402 g/mol. The van der Waals surface area contributed by atoms with Crippen LogP contribution in [0.15, 0.2) is 53.4 Å². The number of hydrogen-bond donors (Lipinski definition) is 1. The predicted octanol–water partition coefficient (Wildman–Crippen LogP) is 3.73. The lowest BCUT2D eigenvalue weighted by molar-refractivity contribution is -0.384. The van der Waals surface area contributed by atoms with Gasteiger partial charge in [-0.1, -0.05) is 23.9 Å². The standard InChI is InChI=1S/C16H10N4O5S2/c21-15-14(9-10-5-7-11(8-6-10)19(22)23)27-16(26)18(15)17-12-3-1-2-4-13(12)20(24)25/h1-9,17H/b14-9+. The molecule has 0 saturated carbocycles. The van der Waals surface area contributed by atoms with Crippen LogP contribution in [0.2, 0.25) is 0 Å². The van der Waals surface area contributed by atoms with E-state index < -0.39 is 15.8 Å². The number of benzene rings is 2. The van der Waals surface area contributed by atoms with Gasteiger partial charge in [0.15, 0.2) is 4.32 Å². The smallest absolute Gasteiger partial charge is 0.283 e. The highest BCUT2D eigenvalue weighted by molar-refractivity contribution is 8.26. The summed E-state index contributed by atoms with van der Waals surface area (Å²) in [5, 5.41) is 22.9. The van der Waals surface area contributed by atoms with Crippen LogP contribution in [0.3, 0.4) is 0 Å². The summed E-state index contributed by atoms with van der Waals surface area (Å²) in [4.78, 5) is 33.6. The van der Waals surface area contributed by atoms with Crippen LogP contribution in [0.1, 0.15) is 5.56 Å². The summed E-state index contributed by atoms with van der Waals surface area (Å²) in [5.41, 5.74) is 3.16. The normalized spacial score (nSPS) is 15.3. The quantitative estimate of drug-likeness (QED) is 0.348. The summed E-state index contributed by atoms with van der Waals surface area (Å²) < 4.78 is 0.186. The van der Waals surface area contributed by atoms with E-state index in [1.807, 2.05) is 0 Å². The Balaban J connectivity index is 1.83. The molecule has 1 saturated heterocycles. The van der Waals surface area contributed by atoms with Crippen molar-refractivity contribution in [1.82, 2.24) is 5.01 Å². The lowest BCUT2D eigenvalue weighted by Gasteiger charge is -2.16. The molecule has 27 heavy (non-hydrogen) atoms. The van der Waals surface area contributed by atoms with Gasteiger partial charge in [-0.2, -0.15) is 0 Å². The maximum absolute atomic E-state index is 12.6. The van der Waals surface area contributed by atoms with E-state index in [4.69, 9.17) is 12.2 Å². The summed E-state index contributed by atoms with van der Waals surface area (Å²) in [6.07, 6.45) is 1.55. The van der Waals surface area contributed by atoms with E-state index in [0.717, 1.165) is 16.8 Å². The molecule has 0 aliphatic carbocycles. The molecule has 0 bridgehead atoms. The van der Waals surface area contributed by atoms with Gasteiger partial charge >= 0.3 is 0 Å². The number of amides is 1. The lowest BCUT2D eigenvalue weighted by atomic mass is 10.2. The second kappa shape index (κ2) is 7.51. The molecule has 0 aromatic heterocycles. The van der Waals surface area contributed by atoms with Gasteiger partial charge < -0.3 is 0 Å². The number of nitro benzene ring substituents is 2. The van der Waals surface area contributed by atoms with Crippen LogP contribution in [0, 0.1) is 20.2 Å². The third-order valence-corrected chi connectivity index (χ3v) is 4.83. The molecular weight excluding hydrogens is 392 g/mol. The number of hydrazine groups is 1. The number of carbonyl (C=O) groups excluding carboxylic acids is 1. The first-order valence-electron chi connectivity index (χ1n) is 7.39. The summed E-state index contributed by atoms with van der Waals surface area (Å²) in [5.74, 6) is -0.471. The van der Waals surface area contributed by atoms with Crippen molar-refractivity contribution in [2.75, 3.05) is 5.43 Å². The van der Waals surface area contributed by atoms with Gasteiger partial charge in [-0.3, -0.25) is 30.4 Å². The van der Waals surface area contributed by atoms with E-state index >= 15 is 0 Å². The Bertz CT molecular complexity index is 991. The van der Waals surface area contributed by atoms with Gasteiger partial charge in [0.25, 0.3) is 17.3 Å². The number of rotatable bonds is 5. The number of para-hydroxylation sites is 2. The number of thioether (sulfide) groups is 1. The summed E-state index contributed by atoms with van der Waals surface area (Å²) >= 11 is 6.20. The highest BCUT2D eigenvalue weighted by atomic mass is 32.2. The molecule has 1 aliphatic heterocycles. The van der Waals surface area contributed by atoms with Crippen LogP contribution >= 0.6 is 24.0 Å². The number of nitrogens with one attached hydrogen (secondary N) is 1. The molecule has 1 amide bonds. The molecule has 2 aromatic rings. The van der Waals surface area contributed by atoms with E-state index in [1.54, 1.807) is 12.1 Å². The van der Waals surface area contributed by atoms with Crippen LogP contribution < -0.4 is 5.43 Å². The summed E-state index contributed by atoms with van der Waals surface area (Å²) in [7, 11) is 0. The highest BCUT2D eigenvalue weighted by Gasteiger charge is 2.33. The fraction of sp³-hybridized carbons (Fsp3) is 0. The fourth-order valence-electron chi connectivity index (χ4n) is 2.26. The average Bonchev–Trinajstić information content (AvgIpc) is 2.90. The molecule has 0 radical (unpaired) electrons. The Morgan fingerprint density at radius 3 is 2.33 bits per heavy atom. The first-order chi connectivity index (χ1) is 12.9. The van der Waals surface area contributed by atoms with Crippen molar-refractivity contribution >= 4 is 57.3 Å². The zero-order chi connectivity index (χ0) is 19.6. The molecule has 11 heteroatoms. The first kappa shape index (κ1) is 18.5. The largest absolute Gasteiger partial charge is 0.294 e. The fourth-order valence-corrected chi connectivity index (χ4v) is 3.44. The molecular formula is C16H10N4O5S2. The zero-order valence-corrected chi connectivity index (χ0v) is 15.0. The minimum atomic E-state index is -0.563. The molecule has 0 spiro atoms. The maximum atomic E-state index is 12.6. The first-order valence-corrected chi connectivity index (χ1v) is 8.62. The van der Waals surface area contributed by atoms with E-state index in [2.05, 4.69) is 5.43 Å². The third kappa shape index (κ3) is 3.93. The number of hydrogen-bond acceptors (Lipinski definition) is 8. The Morgan fingerprint density at radius 2 is 1.70 bits per heavy atom. The molecule has 136 valence electrons. The minimum absolute atomic E-state index is 0.0576. The van der Waals surface area contributed by atoms with Gasteiger partial charge in [-0.05, 0) is 42.1 Å². The maximum Gasteiger partial charge on any atom is 0.294 e. The van der Waals surface area contributed by atoms with E-state index in [-0.39, 0.29) is 21.4 Å². The van der Waals surface area contributed by atoms with Crippen molar-refractivity contribution in [2.45, 2.75) is 0 Å². The van der Waals surface area contributed by atoms with Gasteiger partial charge in [0, 0.05) is 18.2 Å². The number of nitrogens with zero attached hydrogens (tertiary/aromatic N) is 3. The summed E-state index contributed by atoms with van der Waals surface area (Å²) in [6, 6.07) is 11.6. The molecule has 1 fully saturated rings. The Hall–Kier alpha value is -3.31. The molecule has 9 nitrogen and oxygen atoms in total. The number of carbonyl (C=O) groups is 1. The highest BCUT2D eigenvalue weighted by Crippen LogP contribution is 2.34. The number of anilines is 1. The van der Waals surface area contributed by atoms with E-state index in [0.29, 0.717) is 10.5 Å². The van der Waals surface area contributed by atoms with Gasteiger partial charge in [0.2, 0.25) is 0 Å². The molecule has 3 rings (SSSR count). The zero-order valence-electron chi connectivity index (χ0n) is 13.4. The minimum Gasteiger partial charge on any atom is -0.283 e. The lowest BCUT2D eigenvalue weighted by Crippen LogP contribution is -2.34. The Labute approximate surface area is 161 Å². The van der Waals surface area contributed by atoms with Crippen molar-refractivity contribution in [3.63, 3.8) is 0 Å². The van der Waals surface area contributed by atoms with E-state index in [1.165, 1.54) is 42.5 Å². The predicted molar refractivity (Wildman–Crippen MR) is 105 cm³/mol. The van der Waals surface area contributed by atoms with Crippen LogP contribution in [-0.4, -0.2) is 25.1 Å². The van der Waals surface area contributed by atoms with E-state index in [9.17, 15) is 25.0 Å². The number of thiocarbonyl (C=S) groups is 1. The Kier molecular flexibility index (Phi) is 5.14. The Morgan fingerprint density at radius 1 is 1.04 bits per heavy atom. The van der Waals surface area contributed by atoms with Crippen LogP contribution in [0.25, 0.3) is 6.08 Å². The molecule has 0 unspecified atom stereocenters.